The van der Waals surface area contributed by atoms with E-state index in [0.29, 0.717) is 12.1 Å². The number of non-ortho nitro benzene ring substituents is 1. The van der Waals surface area contributed by atoms with Crippen molar-refractivity contribution < 1.29 is 13.3 Å². The van der Waals surface area contributed by atoms with Gasteiger partial charge in [0.15, 0.2) is 0 Å². The lowest BCUT2D eigenvalue weighted by Crippen LogP contribution is -2.31. The Hall–Kier alpha value is -2.32. The molecule has 24 heavy (non-hydrogen) atoms. The zero-order chi connectivity index (χ0) is 17.3. The maximum Gasteiger partial charge on any atom is 0.270 e. The molecule has 126 valence electrons. The number of sulfonamides is 1. The van der Waals surface area contributed by atoms with E-state index in [1.54, 1.807) is 31.5 Å². The van der Waals surface area contributed by atoms with Crippen LogP contribution < -0.4 is 0 Å². The smallest absolute Gasteiger partial charge is 0.265 e. The Morgan fingerprint density at radius 3 is 2.62 bits per heavy atom. The van der Waals surface area contributed by atoms with Crippen LogP contribution in [-0.2, 0) is 10.0 Å². The number of hydrogen-bond donors (Lipinski definition) is 0. The molecule has 0 radical (unpaired) electrons. The molecule has 0 aliphatic carbocycles. The molecule has 0 saturated carbocycles. The Morgan fingerprint density at radius 1 is 1.25 bits per heavy atom. The summed E-state index contributed by atoms with van der Waals surface area (Å²) in [5.74, 6) is 0. The van der Waals surface area contributed by atoms with Gasteiger partial charge in [0.05, 0.1) is 15.9 Å². The molecule has 7 nitrogen and oxygen atoms in total. The summed E-state index contributed by atoms with van der Waals surface area (Å²) in [6.07, 6.45) is 4.74. The third-order valence-corrected chi connectivity index (χ3v) is 6.31. The highest BCUT2D eigenvalue weighted by Gasteiger charge is 2.37. The van der Waals surface area contributed by atoms with Gasteiger partial charge in [-0.15, -0.1) is 0 Å². The molecule has 1 fully saturated rings. The summed E-state index contributed by atoms with van der Waals surface area (Å²) in [6, 6.07) is 7.28. The predicted octanol–water partition coefficient (Wildman–Crippen LogP) is 2.82. The van der Waals surface area contributed by atoms with E-state index < -0.39 is 14.9 Å². The van der Waals surface area contributed by atoms with Crippen LogP contribution in [0.1, 0.15) is 30.0 Å². The van der Waals surface area contributed by atoms with E-state index in [9.17, 15) is 18.5 Å². The van der Waals surface area contributed by atoms with Gasteiger partial charge in [0.1, 0.15) is 0 Å². The normalized spacial score (nSPS) is 18.6. The van der Waals surface area contributed by atoms with Crippen molar-refractivity contribution in [2.75, 3.05) is 6.54 Å². The highest BCUT2D eigenvalue weighted by atomic mass is 32.2. The molecule has 2 aromatic rings. The van der Waals surface area contributed by atoms with Crippen molar-refractivity contribution in [2.24, 2.45) is 0 Å². The van der Waals surface area contributed by atoms with Crippen LogP contribution in [0.4, 0.5) is 5.69 Å². The SMILES string of the molecule is Cc1ccc([N+](=O)[O-])cc1S(=O)(=O)N1CCC[C@H]1c1ccncc1. The Bertz CT molecular complexity index is 868. The lowest BCUT2D eigenvalue weighted by Gasteiger charge is -2.25. The highest BCUT2D eigenvalue weighted by Crippen LogP contribution is 2.37. The van der Waals surface area contributed by atoms with E-state index in [2.05, 4.69) is 4.98 Å². The van der Waals surface area contributed by atoms with Gasteiger partial charge in [-0.1, -0.05) is 6.07 Å². The topological polar surface area (TPSA) is 93.4 Å². The molecular weight excluding hydrogens is 330 g/mol. The minimum absolute atomic E-state index is 0.00217. The Morgan fingerprint density at radius 2 is 1.96 bits per heavy atom. The number of rotatable bonds is 4. The van der Waals surface area contributed by atoms with Crippen molar-refractivity contribution in [2.45, 2.75) is 30.7 Å². The van der Waals surface area contributed by atoms with Crippen molar-refractivity contribution in [3.8, 4) is 0 Å². The number of aryl methyl sites for hydroxylation is 1. The number of nitro benzene ring substituents is 1. The Kier molecular flexibility index (Phi) is 4.33. The fourth-order valence-corrected chi connectivity index (χ4v) is 4.98. The molecule has 3 rings (SSSR count). The number of pyridine rings is 1. The predicted molar refractivity (Wildman–Crippen MR) is 87.9 cm³/mol. The zero-order valence-electron chi connectivity index (χ0n) is 13.1. The minimum Gasteiger partial charge on any atom is -0.265 e. The Labute approximate surface area is 140 Å². The third kappa shape index (κ3) is 2.90. The zero-order valence-corrected chi connectivity index (χ0v) is 13.9. The number of hydrogen-bond acceptors (Lipinski definition) is 5. The minimum atomic E-state index is -3.81. The second-order valence-electron chi connectivity index (χ2n) is 5.76. The summed E-state index contributed by atoms with van der Waals surface area (Å²) in [7, 11) is -3.81. The van der Waals surface area contributed by atoms with Crippen LogP contribution in [0.25, 0.3) is 0 Å². The molecule has 0 bridgehead atoms. The van der Waals surface area contributed by atoms with Crippen LogP contribution >= 0.6 is 0 Å². The quantitative estimate of drug-likeness (QED) is 0.626. The average Bonchev–Trinajstić information content (AvgIpc) is 3.06. The molecule has 0 N–H and O–H groups in total. The van der Waals surface area contributed by atoms with Crippen LogP contribution in [0.15, 0.2) is 47.6 Å². The van der Waals surface area contributed by atoms with Gasteiger partial charge < -0.3 is 0 Å². The van der Waals surface area contributed by atoms with Crippen LogP contribution in [0, 0.1) is 17.0 Å². The number of nitro groups is 1. The fraction of sp³-hybridized carbons (Fsp3) is 0.312. The van der Waals surface area contributed by atoms with Crippen molar-refractivity contribution in [1.29, 1.82) is 0 Å². The average molecular weight is 347 g/mol. The molecule has 0 amide bonds. The van der Waals surface area contributed by atoms with Gasteiger partial charge in [-0.25, -0.2) is 8.42 Å². The van der Waals surface area contributed by atoms with E-state index >= 15 is 0 Å². The van der Waals surface area contributed by atoms with Gasteiger partial charge in [0.2, 0.25) is 10.0 Å². The van der Waals surface area contributed by atoms with Crippen LogP contribution in [0.3, 0.4) is 0 Å². The first-order valence-corrected chi connectivity index (χ1v) is 9.02. The molecule has 1 aromatic carbocycles. The van der Waals surface area contributed by atoms with Crippen LogP contribution in [0.5, 0.6) is 0 Å². The maximum atomic E-state index is 13.1. The van der Waals surface area contributed by atoms with Crippen LogP contribution in [0.2, 0.25) is 0 Å². The summed E-state index contributed by atoms with van der Waals surface area (Å²) in [4.78, 5) is 14.4. The molecule has 1 saturated heterocycles. The molecule has 1 aliphatic rings. The van der Waals surface area contributed by atoms with Gasteiger partial charge in [-0.3, -0.25) is 15.1 Å². The van der Waals surface area contributed by atoms with Crippen molar-refractivity contribution >= 4 is 15.7 Å². The molecule has 1 aliphatic heterocycles. The summed E-state index contributed by atoms with van der Waals surface area (Å²) in [5.41, 5.74) is 1.16. The summed E-state index contributed by atoms with van der Waals surface area (Å²) in [6.45, 7) is 2.05. The molecule has 2 heterocycles. The van der Waals surface area contributed by atoms with E-state index in [-0.39, 0.29) is 16.6 Å². The van der Waals surface area contributed by atoms with Crippen molar-refractivity contribution in [3.63, 3.8) is 0 Å². The van der Waals surface area contributed by atoms with E-state index in [1.165, 1.54) is 16.4 Å². The lowest BCUT2D eigenvalue weighted by molar-refractivity contribution is -0.385. The summed E-state index contributed by atoms with van der Waals surface area (Å²) < 4.78 is 27.6. The standard InChI is InChI=1S/C16H17N3O4S/c1-12-4-5-14(19(20)21)11-16(12)24(22,23)18-10-2-3-15(18)13-6-8-17-9-7-13/h4-9,11,15H,2-3,10H2,1H3/t15-/m0/s1. The number of benzene rings is 1. The molecule has 8 heteroatoms. The van der Waals surface area contributed by atoms with Gasteiger partial charge >= 0.3 is 0 Å². The molecule has 1 atom stereocenters. The number of aromatic nitrogens is 1. The van der Waals surface area contributed by atoms with E-state index in [4.69, 9.17) is 0 Å². The largest absolute Gasteiger partial charge is 0.270 e. The lowest BCUT2D eigenvalue weighted by atomic mass is 10.1. The van der Waals surface area contributed by atoms with Gasteiger partial charge in [-0.05, 0) is 43.0 Å². The van der Waals surface area contributed by atoms with Crippen molar-refractivity contribution in [3.05, 3.63) is 64.0 Å². The fourth-order valence-electron chi connectivity index (χ4n) is 3.05. The first-order chi connectivity index (χ1) is 11.4. The monoisotopic (exact) mass is 347 g/mol. The molecule has 1 aromatic heterocycles. The van der Waals surface area contributed by atoms with Crippen molar-refractivity contribution in [1.82, 2.24) is 9.29 Å². The molecule has 0 spiro atoms. The van der Waals surface area contributed by atoms with E-state index in [0.717, 1.165) is 24.5 Å². The van der Waals surface area contributed by atoms with Gasteiger partial charge in [0, 0.05) is 31.1 Å². The highest BCUT2D eigenvalue weighted by molar-refractivity contribution is 7.89. The van der Waals surface area contributed by atoms with Gasteiger partial charge in [0.25, 0.3) is 5.69 Å². The van der Waals surface area contributed by atoms with Crippen LogP contribution in [-0.4, -0.2) is 29.2 Å². The second kappa shape index (κ2) is 6.29. The van der Waals surface area contributed by atoms with Gasteiger partial charge in [-0.2, -0.15) is 4.31 Å². The molecular formula is C16H17N3O4S. The first kappa shape index (κ1) is 16.5. The first-order valence-electron chi connectivity index (χ1n) is 7.58. The second-order valence-corrected chi connectivity index (χ2v) is 7.62. The number of nitrogens with zero attached hydrogens (tertiary/aromatic N) is 3. The molecule has 0 unspecified atom stereocenters. The third-order valence-electron chi connectivity index (χ3n) is 4.26. The summed E-state index contributed by atoms with van der Waals surface area (Å²) in [5, 5.41) is 11.0. The summed E-state index contributed by atoms with van der Waals surface area (Å²) >= 11 is 0. The van der Waals surface area contributed by atoms with E-state index in [1.807, 2.05) is 0 Å². The maximum absolute atomic E-state index is 13.1. The Balaban J connectivity index is 2.04.